The van der Waals surface area contributed by atoms with E-state index in [1.807, 2.05) is 72.8 Å². The van der Waals surface area contributed by atoms with Crippen molar-refractivity contribution >= 4 is 43.5 Å². The number of hydrogen-bond acceptors (Lipinski definition) is 1. The van der Waals surface area contributed by atoms with Crippen molar-refractivity contribution in [3.8, 4) is 44.5 Å². The number of hydrogen-bond donors (Lipinski definition) is 0. The largest absolute Gasteiger partial charge is 0.455 e. The van der Waals surface area contributed by atoms with Crippen molar-refractivity contribution in [2.24, 2.45) is 0 Å². The van der Waals surface area contributed by atoms with Gasteiger partial charge in [-0.25, -0.2) is 0 Å². The molecule has 0 amide bonds. The highest BCUT2D eigenvalue weighted by Gasteiger charge is 2.17. The van der Waals surface area contributed by atoms with Crippen LogP contribution in [0.5, 0.6) is 0 Å². The predicted molar refractivity (Wildman–Crippen MR) is 190 cm³/mol. The first-order chi connectivity index (χ1) is 27.7. The lowest BCUT2D eigenvalue weighted by atomic mass is 9.85. The van der Waals surface area contributed by atoms with Gasteiger partial charge in [-0.2, -0.15) is 0 Å². The van der Waals surface area contributed by atoms with E-state index in [1.165, 1.54) is 0 Å². The van der Waals surface area contributed by atoms with Gasteiger partial charge in [-0.1, -0.05) is 151 Å². The summed E-state index contributed by atoms with van der Waals surface area (Å²) in [4.78, 5) is 0. The molecule has 0 unspecified atom stereocenters. The van der Waals surface area contributed by atoms with Crippen molar-refractivity contribution in [2.45, 2.75) is 0 Å². The van der Waals surface area contributed by atoms with E-state index >= 15 is 0 Å². The molecule has 0 N–H and O–H groups in total. The highest BCUT2D eigenvalue weighted by atomic mass is 16.3. The Morgan fingerprint density at radius 1 is 0.378 bits per heavy atom. The number of para-hydroxylation sites is 1. The van der Waals surface area contributed by atoms with Gasteiger partial charge in [0.25, 0.3) is 0 Å². The predicted octanol–water partition coefficient (Wildman–Crippen LogP) is 12.6. The Hall–Kier alpha value is -5.92. The molecule has 1 heterocycles. The van der Waals surface area contributed by atoms with Crippen molar-refractivity contribution in [3.05, 3.63) is 170 Å². The molecule has 8 aromatic carbocycles. The van der Waals surface area contributed by atoms with Crippen LogP contribution in [0.4, 0.5) is 0 Å². The summed E-state index contributed by atoms with van der Waals surface area (Å²) in [6.07, 6.45) is 0. The molecule has 1 aromatic heterocycles. The first kappa shape index (κ1) is 15.7. The Kier molecular flexibility index (Phi) is 3.62. The van der Waals surface area contributed by atoms with E-state index in [2.05, 4.69) is 0 Å². The van der Waals surface area contributed by atoms with E-state index in [9.17, 15) is 5.48 Å². The van der Waals surface area contributed by atoms with Crippen molar-refractivity contribution in [1.82, 2.24) is 0 Å². The second-order valence-corrected chi connectivity index (χ2v) is 10.7. The average molecular weight is 586 g/mol. The van der Waals surface area contributed by atoms with Crippen LogP contribution in [0.2, 0.25) is 0 Å². The van der Waals surface area contributed by atoms with Crippen LogP contribution in [0.15, 0.2) is 174 Å². The smallest absolute Gasteiger partial charge is 0.143 e. The standard InChI is InChI=1S/C44H28O/c1-3-13-29(14-4-1)34-23-12-24-39-40-28-32(25-26-41(40)45-44(34)39)31-17-11-18-33(27-31)43-37-21-9-7-19-35(37)42(30-15-5-2-6-16-30)36-20-8-10-22-38(36)43/h1-28H/i2D,5D,6D,7D,8D,9D,10D,15D,16D,19D,20D,21D,22D. The van der Waals surface area contributed by atoms with E-state index in [0.717, 1.165) is 33.0 Å². The summed E-state index contributed by atoms with van der Waals surface area (Å²) in [7, 11) is 0. The third-order valence-electron chi connectivity index (χ3n) is 8.19. The monoisotopic (exact) mass is 585 g/mol. The number of furan rings is 1. The quantitative estimate of drug-likeness (QED) is 0.187. The zero-order valence-corrected chi connectivity index (χ0v) is 23.6. The van der Waals surface area contributed by atoms with E-state index in [0.29, 0.717) is 16.7 Å². The average Bonchev–Trinajstić information content (AvgIpc) is 3.62. The molecule has 0 saturated carbocycles. The van der Waals surface area contributed by atoms with Crippen LogP contribution >= 0.6 is 0 Å². The second-order valence-electron chi connectivity index (χ2n) is 10.7. The Morgan fingerprint density at radius 3 is 1.67 bits per heavy atom. The van der Waals surface area contributed by atoms with Crippen LogP contribution in [0.25, 0.3) is 88.0 Å². The molecule has 1 nitrogen and oxygen atoms in total. The highest BCUT2D eigenvalue weighted by Crippen LogP contribution is 2.44. The van der Waals surface area contributed by atoms with E-state index < -0.39 is 84.1 Å². The third-order valence-corrected chi connectivity index (χ3v) is 8.19. The number of benzene rings is 8. The summed E-state index contributed by atoms with van der Waals surface area (Å²) >= 11 is 0. The normalized spacial score (nSPS) is 15.6. The van der Waals surface area contributed by atoms with Gasteiger partial charge in [0.1, 0.15) is 11.2 Å². The minimum Gasteiger partial charge on any atom is -0.455 e. The van der Waals surface area contributed by atoms with Gasteiger partial charge >= 0.3 is 0 Å². The Labute approximate surface area is 279 Å². The fraction of sp³-hybridized carbons (Fsp3) is 0. The van der Waals surface area contributed by atoms with Crippen LogP contribution in [0.3, 0.4) is 0 Å². The molecule has 0 aliphatic heterocycles. The SMILES string of the molecule is [2H]c1c([2H])c([2H])c(-c2c3c([2H])c([2H])c([2H])c([2H])c3c(-c3cccc(-c4ccc5oc6c(-c7ccccc7)cccc6c5c4)c3)c3c([2H])c([2H])c([2H])c([2H])c23)c([2H])c1[2H]. The summed E-state index contributed by atoms with van der Waals surface area (Å²) in [6, 6.07) is 20.4. The fourth-order valence-electron chi connectivity index (χ4n) is 6.22. The summed E-state index contributed by atoms with van der Waals surface area (Å²) in [6.45, 7) is 0. The molecule has 0 atom stereocenters. The molecule has 45 heavy (non-hydrogen) atoms. The Balaban J connectivity index is 1.39. The maximum atomic E-state index is 9.25. The minimum atomic E-state index is -0.714. The number of rotatable bonds is 4. The van der Waals surface area contributed by atoms with Gasteiger partial charge in [-0.3, -0.25) is 0 Å². The maximum absolute atomic E-state index is 9.25. The van der Waals surface area contributed by atoms with Crippen LogP contribution < -0.4 is 0 Å². The van der Waals surface area contributed by atoms with E-state index in [1.54, 1.807) is 18.2 Å². The van der Waals surface area contributed by atoms with Crippen LogP contribution in [0.1, 0.15) is 17.8 Å². The molecule has 0 radical (unpaired) electrons. The minimum absolute atomic E-state index is 0.0734. The molecule has 210 valence electrons. The number of fused-ring (bicyclic) bond motifs is 5. The molecule has 0 fully saturated rings. The first-order valence-corrected chi connectivity index (χ1v) is 14.4. The zero-order chi connectivity index (χ0) is 41.1. The molecule has 0 spiro atoms. The topological polar surface area (TPSA) is 13.1 Å². The third kappa shape index (κ3) is 4.17. The summed E-state index contributed by atoms with van der Waals surface area (Å²) in [5, 5.41) is 1.00. The molecular weight excluding hydrogens is 544 g/mol. The van der Waals surface area contributed by atoms with Gasteiger partial charge in [0, 0.05) is 16.3 Å². The van der Waals surface area contributed by atoms with Gasteiger partial charge in [0.15, 0.2) is 0 Å². The van der Waals surface area contributed by atoms with Crippen LogP contribution in [-0.2, 0) is 0 Å². The molecule has 1 heteroatoms. The Morgan fingerprint density at radius 2 is 0.956 bits per heavy atom. The second kappa shape index (κ2) is 10.4. The van der Waals surface area contributed by atoms with Crippen molar-refractivity contribution in [1.29, 1.82) is 0 Å². The molecule has 0 aliphatic carbocycles. The summed E-state index contributed by atoms with van der Waals surface area (Å²) in [5.74, 6) is 0. The van der Waals surface area contributed by atoms with Gasteiger partial charge in [0.2, 0.25) is 0 Å². The van der Waals surface area contributed by atoms with Crippen molar-refractivity contribution < 1.29 is 22.2 Å². The zero-order valence-electron chi connectivity index (χ0n) is 36.6. The van der Waals surface area contributed by atoms with E-state index in [-0.39, 0.29) is 32.7 Å². The fourth-order valence-corrected chi connectivity index (χ4v) is 6.22. The van der Waals surface area contributed by atoms with E-state index in [4.69, 9.17) is 16.8 Å². The molecule has 0 aliphatic rings. The first-order valence-electron chi connectivity index (χ1n) is 20.9. The van der Waals surface area contributed by atoms with Gasteiger partial charge in [0.05, 0.1) is 17.8 Å². The van der Waals surface area contributed by atoms with Gasteiger partial charge in [-0.05, 0) is 78.7 Å². The maximum Gasteiger partial charge on any atom is 0.143 e. The lowest BCUT2D eigenvalue weighted by Crippen LogP contribution is -1.91. The molecule has 0 bridgehead atoms. The van der Waals surface area contributed by atoms with Crippen molar-refractivity contribution in [3.63, 3.8) is 0 Å². The lowest BCUT2D eigenvalue weighted by molar-refractivity contribution is 0.670. The van der Waals surface area contributed by atoms with Gasteiger partial charge < -0.3 is 4.42 Å². The van der Waals surface area contributed by atoms with Crippen molar-refractivity contribution in [2.75, 3.05) is 0 Å². The lowest BCUT2D eigenvalue weighted by Gasteiger charge is -2.18. The molecule has 0 saturated heterocycles. The highest BCUT2D eigenvalue weighted by molar-refractivity contribution is 6.21. The summed E-state index contributed by atoms with van der Waals surface area (Å²) < 4.78 is 121. The Bertz CT molecular complexity index is 3150. The van der Waals surface area contributed by atoms with Crippen LogP contribution in [-0.4, -0.2) is 0 Å². The molecule has 9 aromatic rings. The summed E-state index contributed by atoms with van der Waals surface area (Å²) in [5.41, 5.74) is 4.48. The van der Waals surface area contributed by atoms with Gasteiger partial charge in [-0.15, -0.1) is 0 Å². The molecular formula is C44H28O. The van der Waals surface area contributed by atoms with Crippen LogP contribution in [0, 0.1) is 0 Å². The molecule has 9 rings (SSSR count).